The molecule has 0 saturated carbocycles. The lowest BCUT2D eigenvalue weighted by Crippen LogP contribution is -2.15. The fourth-order valence-electron chi connectivity index (χ4n) is 9.43. The summed E-state index contributed by atoms with van der Waals surface area (Å²) in [4.78, 5) is 10.6. The molecule has 0 fully saturated rings. The molecule has 278 valence electrons. The molecule has 1 aromatic heterocycles. The zero-order chi connectivity index (χ0) is 39.5. The van der Waals surface area contributed by atoms with Crippen LogP contribution in [0.2, 0.25) is 0 Å². The summed E-state index contributed by atoms with van der Waals surface area (Å²) in [6, 6.07) is 74.2. The van der Waals surface area contributed by atoms with E-state index in [1.165, 1.54) is 60.7 Å². The van der Waals surface area contributed by atoms with Crippen LogP contribution in [0.1, 0.15) is 25.0 Å². The fourth-order valence-corrected chi connectivity index (χ4v) is 9.43. The van der Waals surface area contributed by atoms with Gasteiger partial charge >= 0.3 is 0 Å². The van der Waals surface area contributed by atoms with Crippen molar-refractivity contribution in [2.24, 2.45) is 0 Å². The lowest BCUT2D eigenvalue weighted by molar-refractivity contribution is 0.666. The molecule has 0 amide bonds. The molecule has 1 heterocycles. The normalized spacial score (nSPS) is 12.7. The predicted octanol–water partition coefficient (Wildman–Crippen LogP) is 15.1. The Morgan fingerprint density at radius 2 is 0.881 bits per heavy atom. The first kappa shape index (κ1) is 34.8. The van der Waals surface area contributed by atoms with Crippen LogP contribution in [0.5, 0.6) is 0 Å². The van der Waals surface area contributed by atoms with E-state index in [1.807, 2.05) is 6.07 Å². The van der Waals surface area contributed by atoms with Gasteiger partial charge in [-0.1, -0.05) is 196 Å². The van der Waals surface area contributed by atoms with E-state index in [9.17, 15) is 0 Å². The Morgan fingerprint density at radius 1 is 0.322 bits per heavy atom. The van der Waals surface area contributed by atoms with Gasteiger partial charge in [-0.05, 0) is 101 Å². The Hall–Kier alpha value is -7.42. The van der Waals surface area contributed by atoms with Crippen LogP contribution < -0.4 is 0 Å². The largest absolute Gasteiger partial charge is 0.228 e. The van der Waals surface area contributed by atoms with Crippen molar-refractivity contribution in [2.45, 2.75) is 19.3 Å². The maximum atomic E-state index is 5.35. The Balaban J connectivity index is 1.02. The SMILES string of the molecule is CC1(C)c2cc(-c3cccc(-c4ccc(-c5nc(-c6ccccc6)cc(-c6ccccc6-c6ccccc6)n5)c5ccccc45)c3)ccc2-c2ccc3ccccc3c21. The van der Waals surface area contributed by atoms with Crippen molar-refractivity contribution in [3.63, 3.8) is 0 Å². The summed E-state index contributed by atoms with van der Waals surface area (Å²) in [5.74, 6) is 0.704. The third-order valence-electron chi connectivity index (χ3n) is 12.3. The van der Waals surface area contributed by atoms with Gasteiger partial charge in [0, 0.05) is 22.1 Å². The second kappa shape index (κ2) is 13.9. The summed E-state index contributed by atoms with van der Waals surface area (Å²) < 4.78 is 0. The number of fused-ring (bicyclic) bond motifs is 6. The Morgan fingerprint density at radius 3 is 1.68 bits per heavy atom. The van der Waals surface area contributed by atoms with Crippen LogP contribution in [0.15, 0.2) is 206 Å². The van der Waals surface area contributed by atoms with Crippen molar-refractivity contribution in [3.8, 4) is 78.4 Å². The number of benzene rings is 9. The monoisotopic (exact) mass is 752 g/mol. The number of hydrogen-bond donors (Lipinski definition) is 0. The fraction of sp³-hybridized carbons (Fsp3) is 0.0526. The van der Waals surface area contributed by atoms with Gasteiger partial charge in [-0.25, -0.2) is 9.97 Å². The molecular weight excluding hydrogens is 713 g/mol. The van der Waals surface area contributed by atoms with Gasteiger partial charge in [-0.3, -0.25) is 0 Å². The molecule has 1 aliphatic rings. The minimum atomic E-state index is -0.117. The van der Waals surface area contributed by atoms with E-state index in [0.29, 0.717) is 5.82 Å². The van der Waals surface area contributed by atoms with Crippen molar-refractivity contribution < 1.29 is 0 Å². The predicted molar refractivity (Wildman–Crippen MR) is 247 cm³/mol. The zero-order valence-corrected chi connectivity index (χ0v) is 33.0. The van der Waals surface area contributed by atoms with Gasteiger partial charge < -0.3 is 0 Å². The summed E-state index contributed by atoms with van der Waals surface area (Å²) in [7, 11) is 0. The van der Waals surface area contributed by atoms with E-state index in [0.717, 1.165) is 44.6 Å². The van der Waals surface area contributed by atoms with Crippen LogP contribution in [0, 0.1) is 0 Å². The summed E-state index contributed by atoms with van der Waals surface area (Å²) in [5, 5.41) is 4.92. The van der Waals surface area contributed by atoms with Crippen LogP contribution >= 0.6 is 0 Å². The summed E-state index contributed by atoms with van der Waals surface area (Å²) >= 11 is 0. The molecule has 0 spiro atoms. The first-order valence-electron chi connectivity index (χ1n) is 20.4. The maximum absolute atomic E-state index is 5.35. The van der Waals surface area contributed by atoms with Crippen LogP contribution in [-0.4, -0.2) is 9.97 Å². The second-order valence-corrected chi connectivity index (χ2v) is 16.1. The van der Waals surface area contributed by atoms with Gasteiger partial charge in [0.25, 0.3) is 0 Å². The maximum Gasteiger partial charge on any atom is 0.161 e. The highest BCUT2D eigenvalue weighted by atomic mass is 14.9. The van der Waals surface area contributed by atoms with E-state index < -0.39 is 0 Å². The summed E-state index contributed by atoms with van der Waals surface area (Å²) in [6.07, 6.45) is 0. The van der Waals surface area contributed by atoms with Gasteiger partial charge in [0.15, 0.2) is 5.82 Å². The Bertz CT molecular complexity index is 3230. The first-order chi connectivity index (χ1) is 29.0. The third kappa shape index (κ3) is 5.87. The number of hydrogen-bond acceptors (Lipinski definition) is 2. The molecule has 59 heavy (non-hydrogen) atoms. The molecule has 0 radical (unpaired) electrons. The molecule has 1 aliphatic carbocycles. The van der Waals surface area contributed by atoms with E-state index in [1.54, 1.807) is 0 Å². The van der Waals surface area contributed by atoms with Gasteiger partial charge in [-0.15, -0.1) is 0 Å². The number of nitrogens with zero attached hydrogens (tertiary/aromatic N) is 2. The molecule has 0 aliphatic heterocycles. The molecule has 11 rings (SSSR count). The van der Waals surface area contributed by atoms with Crippen LogP contribution in [0.4, 0.5) is 0 Å². The van der Waals surface area contributed by atoms with E-state index in [4.69, 9.17) is 9.97 Å². The van der Waals surface area contributed by atoms with Crippen molar-refractivity contribution in [1.82, 2.24) is 9.97 Å². The molecule has 0 N–H and O–H groups in total. The molecular formula is C57H40N2. The molecule has 0 atom stereocenters. The average molecular weight is 753 g/mol. The van der Waals surface area contributed by atoms with E-state index in [2.05, 4.69) is 214 Å². The van der Waals surface area contributed by atoms with Gasteiger partial charge in [-0.2, -0.15) is 0 Å². The highest BCUT2D eigenvalue weighted by Gasteiger charge is 2.37. The Kier molecular flexibility index (Phi) is 8.20. The zero-order valence-electron chi connectivity index (χ0n) is 33.0. The van der Waals surface area contributed by atoms with Crippen molar-refractivity contribution in [2.75, 3.05) is 0 Å². The van der Waals surface area contributed by atoms with Crippen molar-refractivity contribution >= 4 is 21.5 Å². The van der Waals surface area contributed by atoms with Crippen LogP contribution in [-0.2, 0) is 5.41 Å². The first-order valence-corrected chi connectivity index (χ1v) is 20.4. The van der Waals surface area contributed by atoms with Gasteiger partial charge in [0.1, 0.15) is 0 Å². The average Bonchev–Trinajstić information content (AvgIpc) is 3.54. The molecule has 0 saturated heterocycles. The quantitative estimate of drug-likeness (QED) is 0.169. The lowest BCUT2D eigenvalue weighted by Gasteiger charge is -2.23. The molecule has 0 bridgehead atoms. The molecule has 0 unspecified atom stereocenters. The van der Waals surface area contributed by atoms with Gasteiger partial charge in [0.2, 0.25) is 0 Å². The molecule has 9 aromatic carbocycles. The third-order valence-corrected chi connectivity index (χ3v) is 12.3. The Labute approximate surface area is 345 Å². The number of aromatic nitrogens is 2. The topological polar surface area (TPSA) is 25.8 Å². The minimum absolute atomic E-state index is 0.117. The van der Waals surface area contributed by atoms with Crippen molar-refractivity contribution in [1.29, 1.82) is 0 Å². The van der Waals surface area contributed by atoms with Crippen molar-refractivity contribution in [3.05, 3.63) is 217 Å². The highest BCUT2D eigenvalue weighted by Crippen LogP contribution is 2.52. The van der Waals surface area contributed by atoms with E-state index >= 15 is 0 Å². The van der Waals surface area contributed by atoms with Crippen LogP contribution in [0.25, 0.3) is 100.0 Å². The smallest absolute Gasteiger partial charge is 0.161 e. The lowest BCUT2D eigenvalue weighted by atomic mass is 9.79. The molecule has 10 aromatic rings. The highest BCUT2D eigenvalue weighted by molar-refractivity contribution is 6.05. The van der Waals surface area contributed by atoms with Crippen LogP contribution in [0.3, 0.4) is 0 Å². The van der Waals surface area contributed by atoms with Gasteiger partial charge in [0.05, 0.1) is 11.4 Å². The molecule has 2 nitrogen and oxygen atoms in total. The van der Waals surface area contributed by atoms with E-state index in [-0.39, 0.29) is 5.41 Å². The molecule has 2 heteroatoms. The minimum Gasteiger partial charge on any atom is -0.228 e. The second-order valence-electron chi connectivity index (χ2n) is 16.1. The standard InChI is InChI=1S/C57H40N2/c1-57(2)52-35-41(29-30-48(52)50-31-28-38-18-9-10-24-45(38)55(50)57)40-21-15-22-42(34-40)44-32-33-51(47-26-13-12-25-46(44)47)56-58-53(39-19-7-4-8-20-39)36-54(59-56)49-27-14-11-23-43(49)37-16-5-3-6-17-37/h3-36H,1-2H3. The summed E-state index contributed by atoms with van der Waals surface area (Å²) in [6.45, 7) is 4.75. The summed E-state index contributed by atoms with van der Waals surface area (Å²) in [5.41, 5.74) is 17.4. The number of rotatable bonds is 6.